The Morgan fingerprint density at radius 3 is 2.88 bits per heavy atom. The summed E-state index contributed by atoms with van der Waals surface area (Å²) in [6, 6.07) is 0. The minimum Gasteiger partial charge on any atom is -0.481 e. The molecule has 2 aliphatic carbocycles. The van der Waals surface area contributed by atoms with Gasteiger partial charge in [-0.1, -0.05) is 0 Å². The van der Waals surface area contributed by atoms with E-state index in [2.05, 4.69) is 11.9 Å². The number of aromatic nitrogens is 1. The molecule has 1 aromatic rings. The molecule has 1 heterocycles. The fraction of sp³-hybridized carbons (Fsp3) is 0.538. The first kappa shape index (κ1) is 9.82. The number of aryl methyl sites for hydroxylation is 1. The first-order valence-electron chi connectivity index (χ1n) is 5.92. The van der Waals surface area contributed by atoms with Gasteiger partial charge in [0, 0.05) is 5.69 Å². The van der Waals surface area contributed by atoms with E-state index in [4.69, 9.17) is 5.11 Å². The van der Waals surface area contributed by atoms with Crippen molar-refractivity contribution in [3.05, 3.63) is 28.1 Å². The predicted molar refractivity (Wildman–Crippen MR) is 59.7 cm³/mol. The highest BCUT2D eigenvalue weighted by atomic mass is 16.4. The van der Waals surface area contributed by atoms with Crippen LogP contribution in [-0.4, -0.2) is 16.1 Å². The van der Waals surface area contributed by atoms with Gasteiger partial charge in [0.15, 0.2) is 0 Å². The number of fused-ring (bicyclic) bond motifs is 2. The Balaban J connectivity index is 2.18. The first-order valence-corrected chi connectivity index (χ1v) is 5.92. The highest BCUT2D eigenvalue weighted by molar-refractivity contribution is 5.77. The number of pyridine rings is 1. The normalized spacial score (nSPS) is 21.9. The van der Waals surface area contributed by atoms with Crippen molar-refractivity contribution in [1.82, 2.24) is 4.98 Å². The number of carbonyl (C=O) groups is 1. The molecule has 1 N–H and O–H groups in total. The quantitative estimate of drug-likeness (QED) is 0.782. The van der Waals surface area contributed by atoms with Gasteiger partial charge in [0.05, 0.1) is 11.6 Å². The Morgan fingerprint density at radius 1 is 1.31 bits per heavy atom. The molecule has 3 heteroatoms. The maximum atomic E-state index is 11.1. The number of nitrogens with zero attached hydrogens (tertiary/aromatic N) is 1. The van der Waals surface area contributed by atoms with Crippen LogP contribution in [0.1, 0.15) is 46.8 Å². The van der Waals surface area contributed by atoms with Crippen molar-refractivity contribution < 1.29 is 9.90 Å². The van der Waals surface area contributed by atoms with Crippen molar-refractivity contribution in [3.63, 3.8) is 0 Å². The van der Waals surface area contributed by atoms with Crippen molar-refractivity contribution in [3.8, 4) is 0 Å². The van der Waals surface area contributed by atoms with Gasteiger partial charge >= 0.3 is 5.97 Å². The topological polar surface area (TPSA) is 50.2 Å². The van der Waals surface area contributed by atoms with Gasteiger partial charge in [0.25, 0.3) is 0 Å². The summed E-state index contributed by atoms with van der Waals surface area (Å²) >= 11 is 0. The molecule has 0 aromatic carbocycles. The van der Waals surface area contributed by atoms with Gasteiger partial charge in [-0.3, -0.25) is 9.78 Å². The smallest absolute Gasteiger partial charge is 0.312 e. The SMILES string of the molecule is Cc1c2c(nc3c1CCC3C(=O)O)CCC2. The molecule has 0 bridgehead atoms. The third-order valence-corrected chi connectivity index (χ3v) is 3.97. The lowest BCUT2D eigenvalue weighted by Crippen LogP contribution is -2.11. The fourth-order valence-corrected chi connectivity index (χ4v) is 3.11. The van der Waals surface area contributed by atoms with E-state index in [1.165, 1.54) is 23.1 Å². The van der Waals surface area contributed by atoms with Crippen LogP contribution in [0.2, 0.25) is 0 Å². The van der Waals surface area contributed by atoms with Crippen LogP contribution in [0.5, 0.6) is 0 Å². The van der Waals surface area contributed by atoms with E-state index in [9.17, 15) is 4.79 Å². The van der Waals surface area contributed by atoms with Crippen molar-refractivity contribution in [1.29, 1.82) is 0 Å². The molecule has 0 saturated carbocycles. The standard InChI is InChI=1S/C13H15NO2/c1-7-8-3-2-4-11(8)14-12-9(7)5-6-10(12)13(15)16/h10H,2-6H2,1H3,(H,15,16). The molecule has 0 fully saturated rings. The molecule has 0 saturated heterocycles. The largest absolute Gasteiger partial charge is 0.481 e. The highest BCUT2D eigenvalue weighted by Gasteiger charge is 2.33. The highest BCUT2D eigenvalue weighted by Crippen LogP contribution is 2.37. The van der Waals surface area contributed by atoms with Crippen LogP contribution in [0.25, 0.3) is 0 Å². The second-order valence-corrected chi connectivity index (χ2v) is 4.81. The van der Waals surface area contributed by atoms with Gasteiger partial charge in [-0.25, -0.2) is 0 Å². The van der Waals surface area contributed by atoms with E-state index in [1.54, 1.807) is 0 Å². The number of rotatable bonds is 1. The number of hydrogen-bond donors (Lipinski definition) is 1. The average Bonchev–Trinajstić information content (AvgIpc) is 2.83. The van der Waals surface area contributed by atoms with Gasteiger partial charge < -0.3 is 5.11 Å². The molecule has 1 aromatic heterocycles. The maximum absolute atomic E-state index is 11.1. The van der Waals surface area contributed by atoms with Gasteiger partial charge in [-0.15, -0.1) is 0 Å². The first-order chi connectivity index (χ1) is 7.68. The number of aliphatic carboxylic acids is 1. The van der Waals surface area contributed by atoms with Crippen LogP contribution < -0.4 is 0 Å². The Kier molecular flexibility index (Phi) is 2.03. The van der Waals surface area contributed by atoms with Crippen molar-refractivity contribution in [2.75, 3.05) is 0 Å². The van der Waals surface area contributed by atoms with Crippen LogP contribution in [0.4, 0.5) is 0 Å². The molecule has 84 valence electrons. The van der Waals surface area contributed by atoms with E-state index < -0.39 is 5.97 Å². The number of carboxylic acid groups (broad SMARTS) is 1. The minimum atomic E-state index is -0.719. The van der Waals surface area contributed by atoms with Crippen LogP contribution in [0.3, 0.4) is 0 Å². The molecular formula is C13H15NO2. The Morgan fingerprint density at radius 2 is 2.12 bits per heavy atom. The molecule has 0 amide bonds. The van der Waals surface area contributed by atoms with Crippen LogP contribution in [0.15, 0.2) is 0 Å². The summed E-state index contributed by atoms with van der Waals surface area (Å²) in [5.74, 6) is -1.08. The second kappa shape index (κ2) is 3.30. The molecule has 3 rings (SSSR count). The Labute approximate surface area is 94.5 Å². The summed E-state index contributed by atoms with van der Waals surface area (Å²) in [5.41, 5.74) is 5.94. The summed E-state index contributed by atoms with van der Waals surface area (Å²) in [7, 11) is 0. The zero-order chi connectivity index (χ0) is 11.3. The third-order valence-electron chi connectivity index (χ3n) is 3.97. The van der Waals surface area contributed by atoms with E-state index in [0.29, 0.717) is 0 Å². The molecule has 0 aliphatic heterocycles. The molecule has 2 aliphatic rings. The molecular weight excluding hydrogens is 202 g/mol. The molecule has 0 radical (unpaired) electrons. The maximum Gasteiger partial charge on any atom is 0.312 e. The third kappa shape index (κ3) is 1.20. The zero-order valence-corrected chi connectivity index (χ0v) is 9.42. The Hall–Kier alpha value is -1.38. The molecule has 16 heavy (non-hydrogen) atoms. The summed E-state index contributed by atoms with van der Waals surface area (Å²) in [4.78, 5) is 15.8. The average molecular weight is 217 g/mol. The van der Waals surface area contributed by atoms with Gasteiger partial charge in [0.2, 0.25) is 0 Å². The lowest BCUT2D eigenvalue weighted by Gasteiger charge is -2.11. The molecule has 1 unspecified atom stereocenters. The summed E-state index contributed by atoms with van der Waals surface area (Å²) in [6.45, 7) is 2.13. The summed E-state index contributed by atoms with van der Waals surface area (Å²) < 4.78 is 0. The van der Waals surface area contributed by atoms with Crippen LogP contribution in [-0.2, 0) is 24.1 Å². The molecule has 1 atom stereocenters. The second-order valence-electron chi connectivity index (χ2n) is 4.81. The van der Waals surface area contributed by atoms with Crippen LogP contribution >= 0.6 is 0 Å². The minimum absolute atomic E-state index is 0.361. The fourth-order valence-electron chi connectivity index (χ4n) is 3.11. The lowest BCUT2D eigenvalue weighted by molar-refractivity contribution is -0.138. The lowest BCUT2D eigenvalue weighted by atomic mass is 10.0. The van der Waals surface area contributed by atoms with E-state index in [-0.39, 0.29) is 5.92 Å². The Bertz CT molecular complexity index is 479. The zero-order valence-electron chi connectivity index (χ0n) is 9.42. The van der Waals surface area contributed by atoms with Gasteiger partial charge in [0.1, 0.15) is 0 Å². The van der Waals surface area contributed by atoms with E-state index in [0.717, 1.165) is 37.1 Å². The van der Waals surface area contributed by atoms with Gasteiger partial charge in [-0.2, -0.15) is 0 Å². The van der Waals surface area contributed by atoms with Crippen molar-refractivity contribution in [2.24, 2.45) is 0 Å². The summed E-state index contributed by atoms with van der Waals surface area (Å²) in [6.07, 6.45) is 4.93. The van der Waals surface area contributed by atoms with Crippen molar-refractivity contribution in [2.45, 2.75) is 44.9 Å². The monoisotopic (exact) mass is 217 g/mol. The number of hydrogen-bond acceptors (Lipinski definition) is 2. The molecule has 3 nitrogen and oxygen atoms in total. The van der Waals surface area contributed by atoms with Crippen molar-refractivity contribution >= 4 is 5.97 Å². The molecule has 0 spiro atoms. The van der Waals surface area contributed by atoms with Gasteiger partial charge in [-0.05, 0) is 55.7 Å². The van der Waals surface area contributed by atoms with E-state index >= 15 is 0 Å². The van der Waals surface area contributed by atoms with E-state index in [1.807, 2.05) is 0 Å². The summed E-state index contributed by atoms with van der Waals surface area (Å²) in [5, 5.41) is 9.16. The number of carboxylic acids is 1. The van der Waals surface area contributed by atoms with Crippen LogP contribution in [0, 0.1) is 6.92 Å². The predicted octanol–water partition coefficient (Wildman–Crippen LogP) is 1.99.